The van der Waals surface area contributed by atoms with Crippen molar-refractivity contribution >= 4 is 15.9 Å². The van der Waals surface area contributed by atoms with Gasteiger partial charge in [0.1, 0.15) is 12.4 Å². The zero-order valence-corrected chi connectivity index (χ0v) is 12.8. The lowest BCUT2D eigenvalue weighted by molar-refractivity contribution is -0.0748. The minimum absolute atomic E-state index is 0.198. The van der Waals surface area contributed by atoms with Gasteiger partial charge in [0.25, 0.3) is 0 Å². The molecule has 2 nitrogen and oxygen atoms in total. The fourth-order valence-electron chi connectivity index (χ4n) is 3.32. The summed E-state index contributed by atoms with van der Waals surface area (Å²) in [6.07, 6.45) is 9.19. The summed E-state index contributed by atoms with van der Waals surface area (Å²) in [5.74, 6) is 0.919. The van der Waals surface area contributed by atoms with Crippen LogP contribution in [0.3, 0.4) is 0 Å². The van der Waals surface area contributed by atoms with Crippen LogP contribution in [0.1, 0.15) is 44.9 Å². The van der Waals surface area contributed by atoms with Gasteiger partial charge in [0, 0.05) is 4.47 Å². The molecule has 2 aliphatic rings. The van der Waals surface area contributed by atoms with Gasteiger partial charge in [0.15, 0.2) is 0 Å². The van der Waals surface area contributed by atoms with Gasteiger partial charge in [-0.05, 0) is 43.9 Å². The molecular formula is C16H21BrO2. The van der Waals surface area contributed by atoms with Gasteiger partial charge < -0.3 is 9.47 Å². The van der Waals surface area contributed by atoms with Crippen LogP contribution in [0, 0.1) is 0 Å². The highest BCUT2D eigenvalue weighted by Crippen LogP contribution is 2.41. The Hall–Kier alpha value is -0.540. The van der Waals surface area contributed by atoms with E-state index < -0.39 is 0 Å². The van der Waals surface area contributed by atoms with E-state index in [9.17, 15) is 0 Å². The molecule has 2 fully saturated rings. The van der Waals surface area contributed by atoms with E-state index in [1.807, 2.05) is 24.3 Å². The molecule has 3 rings (SSSR count). The molecule has 1 saturated heterocycles. The first kappa shape index (κ1) is 13.4. The summed E-state index contributed by atoms with van der Waals surface area (Å²) in [5.41, 5.74) is 0.198. The van der Waals surface area contributed by atoms with Crippen LogP contribution in [0.25, 0.3) is 0 Å². The average molecular weight is 325 g/mol. The van der Waals surface area contributed by atoms with Gasteiger partial charge >= 0.3 is 0 Å². The Kier molecular flexibility index (Phi) is 4.13. The molecular weight excluding hydrogens is 304 g/mol. The van der Waals surface area contributed by atoms with E-state index in [0.29, 0.717) is 6.61 Å². The highest BCUT2D eigenvalue weighted by molar-refractivity contribution is 9.10. The minimum atomic E-state index is 0.198. The van der Waals surface area contributed by atoms with Crippen LogP contribution in [0.5, 0.6) is 5.75 Å². The Bertz CT molecular complexity index is 427. The standard InChI is InChI=1S/C16H21BrO2/c17-13-5-4-6-14(11-13)18-12-15-7-10-16(19-15)8-2-1-3-9-16/h4-6,11,15H,1-3,7-10,12H2. The maximum absolute atomic E-state index is 6.31. The summed E-state index contributed by atoms with van der Waals surface area (Å²) < 4.78 is 13.2. The first-order valence-electron chi connectivity index (χ1n) is 7.32. The first-order chi connectivity index (χ1) is 9.26. The Morgan fingerprint density at radius 1 is 1.21 bits per heavy atom. The van der Waals surface area contributed by atoms with Gasteiger partial charge in [-0.3, -0.25) is 0 Å². The van der Waals surface area contributed by atoms with Crippen molar-refractivity contribution in [2.75, 3.05) is 6.61 Å². The van der Waals surface area contributed by atoms with E-state index in [0.717, 1.165) is 16.6 Å². The normalized spacial score (nSPS) is 25.6. The second-order valence-electron chi connectivity index (χ2n) is 5.79. The number of benzene rings is 1. The summed E-state index contributed by atoms with van der Waals surface area (Å²) in [5, 5.41) is 0. The van der Waals surface area contributed by atoms with Gasteiger partial charge in [0.05, 0.1) is 11.7 Å². The number of halogens is 1. The fraction of sp³-hybridized carbons (Fsp3) is 0.625. The molecule has 1 heterocycles. The van der Waals surface area contributed by atoms with Crippen LogP contribution < -0.4 is 4.74 Å². The van der Waals surface area contributed by atoms with Crippen molar-refractivity contribution in [3.05, 3.63) is 28.7 Å². The largest absolute Gasteiger partial charge is 0.491 e. The van der Waals surface area contributed by atoms with E-state index in [4.69, 9.17) is 9.47 Å². The summed E-state index contributed by atoms with van der Waals surface area (Å²) in [6, 6.07) is 8.01. The molecule has 1 aromatic carbocycles. The molecule has 0 bridgehead atoms. The Balaban J connectivity index is 1.52. The second-order valence-corrected chi connectivity index (χ2v) is 6.71. The quantitative estimate of drug-likeness (QED) is 0.801. The van der Waals surface area contributed by atoms with Crippen LogP contribution in [0.2, 0.25) is 0 Å². The smallest absolute Gasteiger partial charge is 0.120 e. The predicted octanol–water partition coefficient (Wildman–Crippen LogP) is 4.71. The van der Waals surface area contributed by atoms with E-state index in [-0.39, 0.29) is 11.7 Å². The van der Waals surface area contributed by atoms with Gasteiger partial charge in [0.2, 0.25) is 0 Å². The molecule has 0 aromatic heterocycles. The molecule has 19 heavy (non-hydrogen) atoms. The molecule has 1 atom stereocenters. The molecule has 1 saturated carbocycles. The maximum Gasteiger partial charge on any atom is 0.120 e. The molecule has 1 spiro atoms. The molecule has 0 N–H and O–H groups in total. The minimum Gasteiger partial charge on any atom is -0.491 e. The summed E-state index contributed by atoms with van der Waals surface area (Å²) in [7, 11) is 0. The Morgan fingerprint density at radius 2 is 2.05 bits per heavy atom. The monoisotopic (exact) mass is 324 g/mol. The predicted molar refractivity (Wildman–Crippen MR) is 79.6 cm³/mol. The third-order valence-electron chi connectivity index (χ3n) is 4.34. The molecule has 1 aliphatic heterocycles. The highest BCUT2D eigenvalue weighted by Gasteiger charge is 2.40. The molecule has 0 radical (unpaired) electrons. The first-order valence-corrected chi connectivity index (χ1v) is 8.11. The number of hydrogen-bond acceptors (Lipinski definition) is 2. The highest BCUT2D eigenvalue weighted by atomic mass is 79.9. The number of ether oxygens (including phenoxy) is 2. The van der Waals surface area contributed by atoms with Crippen molar-refractivity contribution in [2.24, 2.45) is 0 Å². The molecule has 1 aliphatic carbocycles. The number of hydrogen-bond donors (Lipinski definition) is 0. The van der Waals surface area contributed by atoms with Crippen LogP contribution in [-0.2, 0) is 4.74 Å². The lowest BCUT2D eigenvalue weighted by Crippen LogP contribution is -2.32. The van der Waals surface area contributed by atoms with Crippen molar-refractivity contribution in [2.45, 2.75) is 56.7 Å². The summed E-state index contributed by atoms with van der Waals surface area (Å²) >= 11 is 3.46. The second kappa shape index (κ2) is 5.84. The van der Waals surface area contributed by atoms with Crippen LogP contribution in [0.4, 0.5) is 0 Å². The zero-order chi connectivity index (χ0) is 13.1. The van der Waals surface area contributed by atoms with Gasteiger partial charge in [-0.25, -0.2) is 0 Å². The lowest BCUT2D eigenvalue weighted by Gasteiger charge is -2.33. The van der Waals surface area contributed by atoms with Crippen LogP contribution in [0.15, 0.2) is 28.7 Å². The lowest BCUT2D eigenvalue weighted by atomic mass is 9.83. The molecule has 3 heteroatoms. The van der Waals surface area contributed by atoms with E-state index in [2.05, 4.69) is 15.9 Å². The van der Waals surface area contributed by atoms with Crippen molar-refractivity contribution in [1.82, 2.24) is 0 Å². The fourth-order valence-corrected chi connectivity index (χ4v) is 3.70. The van der Waals surface area contributed by atoms with Gasteiger partial charge in [-0.1, -0.05) is 41.3 Å². The van der Waals surface area contributed by atoms with Crippen molar-refractivity contribution in [3.63, 3.8) is 0 Å². The molecule has 104 valence electrons. The van der Waals surface area contributed by atoms with Crippen LogP contribution in [-0.4, -0.2) is 18.3 Å². The summed E-state index contributed by atoms with van der Waals surface area (Å²) in [6.45, 7) is 0.679. The van der Waals surface area contributed by atoms with E-state index >= 15 is 0 Å². The van der Waals surface area contributed by atoms with Crippen molar-refractivity contribution < 1.29 is 9.47 Å². The van der Waals surface area contributed by atoms with Crippen molar-refractivity contribution in [1.29, 1.82) is 0 Å². The third kappa shape index (κ3) is 3.32. The summed E-state index contributed by atoms with van der Waals surface area (Å²) in [4.78, 5) is 0. The zero-order valence-electron chi connectivity index (χ0n) is 11.2. The molecule has 1 unspecified atom stereocenters. The average Bonchev–Trinajstić information content (AvgIpc) is 2.80. The Morgan fingerprint density at radius 3 is 2.84 bits per heavy atom. The molecule has 1 aromatic rings. The topological polar surface area (TPSA) is 18.5 Å². The SMILES string of the molecule is Brc1cccc(OCC2CCC3(CCCCC3)O2)c1. The maximum atomic E-state index is 6.31. The van der Waals surface area contributed by atoms with Crippen LogP contribution >= 0.6 is 15.9 Å². The Labute approximate surface area is 123 Å². The van der Waals surface area contributed by atoms with Gasteiger partial charge in [-0.2, -0.15) is 0 Å². The van der Waals surface area contributed by atoms with E-state index in [1.165, 1.54) is 38.5 Å². The third-order valence-corrected chi connectivity index (χ3v) is 4.83. The van der Waals surface area contributed by atoms with Crippen molar-refractivity contribution in [3.8, 4) is 5.75 Å². The number of rotatable bonds is 3. The van der Waals surface area contributed by atoms with Gasteiger partial charge in [-0.15, -0.1) is 0 Å². The van der Waals surface area contributed by atoms with E-state index in [1.54, 1.807) is 0 Å². The molecule has 0 amide bonds.